The largest absolute Gasteiger partial charge is 0.360 e. The molecule has 4 atom stereocenters. The third-order valence-corrected chi connectivity index (χ3v) is 3.27. The molecule has 94 valence electrons. The molecule has 1 N–H and O–H groups in total. The lowest BCUT2D eigenvalue weighted by Gasteiger charge is -2.14. The predicted octanol–water partition coefficient (Wildman–Crippen LogP) is 0.409. The van der Waals surface area contributed by atoms with E-state index >= 15 is 0 Å². The van der Waals surface area contributed by atoms with Crippen LogP contribution in [0.1, 0.15) is 26.0 Å². The van der Waals surface area contributed by atoms with Crippen molar-refractivity contribution >= 4 is 9.47 Å². The molecule has 2 rings (SSSR count). The third-order valence-electron chi connectivity index (χ3n) is 2.92. The predicted molar refractivity (Wildman–Crippen MR) is 64.7 cm³/mol. The van der Waals surface area contributed by atoms with E-state index in [1.54, 1.807) is 0 Å². The van der Waals surface area contributed by atoms with E-state index in [2.05, 4.69) is 14.5 Å². The van der Waals surface area contributed by atoms with E-state index in [9.17, 15) is 9.59 Å². The lowest BCUT2D eigenvalue weighted by molar-refractivity contribution is -0.0160. The molecule has 7 heteroatoms. The molecular weight excluding hydrogens is 243 g/mol. The SMILES string of the molecule is CCC1OC(n2ccc(=O)[nH]c2=O)CC1OP. The molecule has 17 heavy (non-hydrogen) atoms. The Hall–Kier alpha value is -0.970. The van der Waals surface area contributed by atoms with Crippen LogP contribution in [0.5, 0.6) is 0 Å². The molecule has 0 aliphatic carbocycles. The van der Waals surface area contributed by atoms with Gasteiger partial charge in [-0.2, -0.15) is 0 Å². The van der Waals surface area contributed by atoms with Crippen molar-refractivity contribution in [3.63, 3.8) is 0 Å². The van der Waals surface area contributed by atoms with E-state index in [-0.39, 0.29) is 18.4 Å². The monoisotopic (exact) mass is 258 g/mol. The minimum Gasteiger partial charge on any atom is -0.360 e. The smallest absolute Gasteiger partial charge is 0.330 e. The average molecular weight is 258 g/mol. The fourth-order valence-electron chi connectivity index (χ4n) is 2.03. The van der Waals surface area contributed by atoms with Crippen LogP contribution in [-0.2, 0) is 9.26 Å². The first kappa shape index (κ1) is 12.5. The second kappa shape index (κ2) is 5.12. The quantitative estimate of drug-likeness (QED) is 0.797. The maximum Gasteiger partial charge on any atom is 0.330 e. The zero-order valence-corrected chi connectivity index (χ0v) is 10.6. The molecule has 1 aliphatic heterocycles. The second-order valence-electron chi connectivity index (χ2n) is 3.97. The van der Waals surface area contributed by atoms with Gasteiger partial charge in [-0.05, 0) is 6.42 Å². The van der Waals surface area contributed by atoms with Crippen LogP contribution < -0.4 is 11.2 Å². The van der Waals surface area contributed by atoms with E-state index in [0.29, 0.717) is 6.42 Å². The molecule has 0 radical (unpaired) electrons. The van der Waals surface area contributed by atoms with E-state index < -0.39 is 11.2 Å². The number of H-pyrrole nitrogens is 1. The minimum absolute atomic E-state index is 0.0312. The van der Waals surface area contributed by atoms with Crippen LogP contribution in [0.25, 0.3) is 0 Å². The summed E-state index contributed by atoms with van der Waals surface area (Å²) in [4.78, 5) is 24.8. The van der Waals surface area contributed by atoms with Crippen LogP contribution in [0.15, 0.2) is 21.9 Å². The lowest BCUT2D eigenvalue weighted by atomic mass is 10.1. The molecular formula is C10H15N2O4P. The fourth-order valence-corrected chi connectivity index (χ4v) is 2.32. The summed E-state index contributed by atoms with van der Waals surface area (Å²) in [5.74, 6) is 0. The highest BCUT2D eigenvalue weighted by Gasteiger charge is 2.35. The van der Waals surface area contributed by atoms with Gasteiger partial charge in [0.25, 0.3) is 5.56 Å². The van der Waals surface area contributed by atoms with Crippen LogP contribution in [0.2, 0.25) is 0 Å². The van der Waals surface area contributed by atoms with E-state index in [4.69, 9.17) is 9.26 Å². The topological polar surface area (TPSA) is 73.3 Å². The Labute approximate surface area is 100 Å². The number of hydrogen-bond donors (Lipinski definition) is 1. The van der Waals surface area contributed by atoms with Gasteiger partial charge in [0.15, 0.2) is 0 Å². The van der Waals surface area contributed by atoms with Gasteiger partial charge in [0.2, 0.25) is 0 Å². The van der Waals surface area contributed by atoms with Gasteiger partial charge in [0, 0.05) is 28.2 Å². The van der Waals surface area contributed by atoms with Gasteiger partial charge in [0.1, 0.15) is 6.23 Å². The van der Waals surface area contributed by atoms with Crippen molar-refractivity contribution < 1.29 is 9.26 Å². The van der Waals surface area contributed by atoms with Crippen LogP contribution in [0.4, 0.5) is 0 Å². The van der Waals surface area contributed by atoms with Gasteiger partial charge in [-0.3, -0.25) is 14.3 Å². The number of nitrogens with zero attached hydrogens (tertiary/aromatic N) is 1. The standard InChI is InChI=1S/C10H15N2O4P/c1-2-6-7(16-17)5-9(15-6)12-4-3-8(13)11-10(12)14/h3-4,6-7,9H,2,5,17H2,1H3,(H,11,13,14). The minimum atomic E-state index is -0.457. The second-order valence-corrected chi connectivity index (χ2v) is 4.24. The van der Waals surface area contributed by atoms with Gasteiger partial charge in [-0.1, -0.05) is 6.92 Å². The van der Waals surface area contributed by atoms with Gasteiger partial charge in [-0.25, -0.2) is 4.79 Å². The van der Waals surface area contributed by atoms with E-state index in [1.807, 2.05) is 6.92 Å². The maximum absolute atomic E-state index is 11.6. The number of aromatic amines is 1. The zero-order valence-electron chi connectivity index (χ0n) is 9.46. The molecule has 0 amide bonds. The van der Waals surface area contributed by atoms with Crippen molar-refractivity contribution in [2.45, 2.75) is 38.2 Å². The Bertz CT molecular complexity index is 486. The summed E-state index contributed by atoms with van der Waals surface area (Å²) < 4.78 is 12.3. The summed E-state index contributed by atoms with van der Waals surface area (Å²) in [6.07, 6.45) is 2.39. The summed E-state index contributed by atoms with van der Waals surface area (Å²) >= 11 is 0. The zero-order chi connectivity index (χ0) is 12.4. The molecule has 1 aromatic rings. The molecule has 4 unspecified atom stereocenters. The van der Waals surface area contributed by atoms with Crippen molar-refractivity contribution in [2.24, 2.45) is 0 Å². The van der Waals surface area contributed by atoms with E-state index in [1.165, 1.54) is 16.8 Å². The molecule has 0 spiro atoms. The molecule has 0 bridgehead atoms. The Morgan fingerprint density at radius 3 is 2.94 bits per heavy atom. The van der Waals surface area contributed by atoms with E-state index in [0.717, 1.165) is 6.42 Å². The van der Waals surface area contributed by atoms with Crippen LogP contribution in [0.3, 0.4) is 0 Å². The van der Waals surface area contributed by atoms with Crippen LogP contribution in [-0.4, -0.2) is 21.8 Å². The highest BCUT2D eigenvalue weighted by molar-refractivity contribution is 7.09. The van der Waals surface area contributed by atoms with Crippen molar-refractivity contribution in [1.82, 2.24) is 9.55 Å². The first-order chi connectivity index (χ1) is 8.15. The van der Waals surface area contributed by atoms with Gasteiger partial charge >= 0.3 is 5.69 Å². The number of nitrogens with one attached hydrogen (secondary N) is 1. The summed E-state index contributed by atoms with van der Waals surface area (Å²) in [6.45, 7) is 2.00. The van der Waals surface area contributed by atoms with Crippen molar-refractivity contribution in [1.29, 1.82) is 0 Å². The van der Waals surface area contributed by atoms with Crippen LogP contribution >= 0.6 is 9.47 Å². The highest BCUT2D eigenvalue weighted by Crippen LogP contribution is 2.32. The summed E-state index contributed by atoms with van der Waals surface area (Å²) in [5, 5.41) is 0. The number of aromatic nitrogens is 2. The molecule has 1 fully saturated rings. The maximum atomic E-state index is 11.6. The summed E-state index contributed by atoms with van der Waals surface area (Å²) in [7, 11) is 2.22. The summed E-state index contributed by atoms with van der Waals surface area (Å²) in [5.41, 5.74) is -0.864. The Morgan fingerprint density at radius 2 is 2.41 bits per heavy atom. The molecule has 0 saturated carbocycles. The van der Waals surface area contributed by atoms with Gasteiger partial charge < -0.3 is 9.26 Å². The Balaban J connectivity index is 2.25. The molecule has 2 heterocycles. The Morgan fingerprint density at radius 1 is 1.65 bits per heavy atom. The van der Waals surface area contributed by atoms with Gasteiger partial charge in [0.05, 0.1) is 12.2 Å². The van der Waals surface area contributed by atoms with Crippen molar-refractivity contribution in [3.05, 3.63) is 33.1 Å². The van der Waals surface area contributed by atoms with Crippen molar-refractivity contribution in [3.8, 4) is 0 Å². The third kappa shape index (κ3) is 2.49. The number of hydrogen-bond acceptors (Lipinski definition) is 4. The molecule has 1 aromatic heterocycles. The highest BCUT2D eigenvalue weighted by atomic mass is 31.0. The average Bonchev–Trinajstić information content (AvgIpc) is 2.72. The molecule has 1 saturated heterocycles. The first-order valence-corrected chi connectivity index (χ1v) is 5.95. The number of ether oxygens (including phenoxy) is 1. The van der Waals surface area contributed by atoms with Gasteiger partial charge in [-0.15, -0.1) is 0 Å². The summed E-state index contributed by atoms with van der Waals surface area (Å²) in [6, 6.07) is 1.31. The normalized spacial score (nSPS) is 28.5. The van der Waals surface area contributed by atoms with Crippen LogP contribution in [0, 0.1) is 0 Å². The molecule has 0 aromatic carbocycles. The first-order valence-electron chi connectivity index (χ1n) is 5.48. The van der Waals surface area contributed by atoms with Crippen molar-refractivity contribution in [2.75, 3.05) is 0 Å². The molecule has 6 nitrogen and oxygen atoms in total. The fraction of sp³-hybridized carbons (Fsp3) is 0.600. The Kier molecular flexibility index (Phi) is 3.76. The number of rotatable bonds is 3. The lowest BCUT2D eigenvalue weighted by Crippen LogP contribution is -2.31. The molecule has 1 aliphatic rings.